The van der Waals surface area contributed by atoms with Gasteiger partial charge in [0.05, 0.1) is 0 Å². The zero-order valence-electron chi connectivity index (χ0n) is 10.2. The molecule has 2 bridgehead atoms. The van der Waals surface area contributed by atoms with Crippen molar-refractivity contribution in [2.24, 2.45) is 0 Å². The van der Waals surface area contributed by atoms with Crippen molar-refractivity contribution in [3.8, 4) is 0 Å². The van der Waals surface area contributed by atoms with Crippen molar-refractivity contribution in [2.45, 2.75) is 50.7 Å². The van der Waals surface area contributed by atoms with Gasteiger partial charge in [-0.25, -0.2) is 4.39 Å². The van der Waals surface area contributed by atoms with Gasteiger partial charge in [-0.05, 0) is 50.3 Å². The van der Waals surface area contributed by atoms with Crippen LogP contribution in [0.2, 0.25) is 0 Å². The quantitative estimate of drug-likeness (QED) is 0.822. The number of rotatable bonds is 2. The number of hydrogen-bond acceptors (Lipinski definition) is 2. The molecule has 2 fully saturated rings. The summed E-state index contributed by atoms with van der Waals surface area (Å²) in [5.41, 5.74) is 1.63. The second kappa shape index (κ2) is 4.30. The van der Waals surface area contributed by atoms with Crippen LogP contribution in [-0.4, -0.2) is 18.1 Å². The normalized spacial score (nSPS) is 31.5. The molecular weight excluding hydrogens is 215 g/mol. The van der Waals surface area contributed by atoms with Gasteiger partial charge in [-0.3, -0.25) is 0 Å². The van der Waals surface area contributed by atoms with Gasteiger partial charge in [-0.1, -0.05) is 6.07 Å². The van der Waals surface area contributed by atoms with E-state index in [4.69, 9.17) is 0 Å². The van der Waals surface area contributed by atoms with Crippen LogP contribution in [0.1, 0.15) is 31.2 Å². The number of piperidine rings is 1. The van der Waals surface area contributed by atoms with Crippen LogP contribution in [0.15, 0.2) is 18.2 Å². The summed E-state index contributed by atoms with van der Waals surface area (Å²) in [6, 6.07) is 7.26. The Morgan fingerprint density at radius 3 is 2.59 bits per heavy atom. The molecule has 0 spiro atoms. The average molecular weight is 234 g/mol. The van der Waals surface area contributed by atoms with Crippen LogP contribution in [0.3, 0.4) is 0 Å². The molecule has 2 N–H and O–H groups in total. The molecule has 2 atom stereocenters. The first kappa shape index (κ1) is 11.0. The van der Waals surface area contributed by atoms with Gasteiger partial charge in [0.25, 0.3) is 0 Å². The first-order valence-electron chi connectivity index (χ1n) is 6.49. The van der Waals surface area contributed by atoms with Crippen molar-refractivity contribution in [2.75, 3.05) is 5.32 Å². The Balaban J connectivity index is 1.68. The molecule has 2 unspecified atom stereocenters. The Labute approximate surface area is 102 Å². The van der Waals surface area contributed by atoms with Crippen LogP contribution in [0.25, 0.3) is 0 Å². The molecule has 17 heavy (non-hydrogen) atoms. The lowest BCUT2D eigenvalue weighted by Crippen LogP contribution is -2.43. The van der Waals surface area contributed by atoms with E-state index in [-0.39, 0.29) is 5.82 Å². The summed E-state index contributed by atoms with van der Waals surface area (Å²) in [7, 11) is 0. The largest absolute Gasteiger partial charge is 0.382 e. The molecule has 0 aromatic heterocycles. The van der Waals surface area contributed by atoms with E-state index in [0.29, 0.717) is 23.7 Å². The molecule has 3 rings (SSSR count). The van der Waals surface area contributed by atoms with E-state index >= 15 is 0 Å². The molecule has 1 aromatic carbocycles. The van der Waals surface area contributed by atoms with Gasteiger partial charge in [0.2, 0.25) is 0 Å². The fourth-order valence-electron chi connectivity index (χ4n) is 3.09. The first-order valence-corrected chi connectivity index (χ1v) is 6.49. The lowest BCUT2D eigenvalue weighted by Gasteiger charge is -2.30. The van der Waals surface area contributed by atoms with Crippen LogP contribution in [0.4, 0.5) is 10.1 Å². The van der Waals surface area contributed by atoms with E-state index in [1.165, 1.54) is 12.8 Å². The minimum absolute atomic E-state index is 0.119. The first-order chi connectivity index (χ1) is 8.20. The summed E-state index contributed by atoms with van der Waals surface area (Å²) in [6.07, 6.45) is 4.91. The van der Waals surface area contributed by atoms with Gasteiger partial charge in [-0.2, -0.15) is 0 Å². The van der Waals surface area contributed by atoms with Crippen LogP contribution in [-0.2, 0) is 0 Å². The SMILES string of the molecule is Cc1ccc(NC2CC3CCC(C2)N3)cc1F. The van der Waals surface area contributed by atoms with Crippen LogP contribution < -0.4 is 10.6 Å². The Kier molecular flexibility index (Phi) is 2.79. The Morgan fingerprint density at radius 1 is 1.24 bits per heavy atom. The van der Waals surface area contributed by atoms with Crippen molar-refractivity contribution >= 4 is 5.69 Å². The number of anilines is 1. The zero-order chi connectivity index (χ0) is 11.8. The molecule has 2 saturated heterocycles. The molecule has 0 saturated carbocycles. The topological polar surface area (TPSA) is 24.1 Å². The highest BCUT2D eigenvalue weighted by atomic mass is 19.1. The smallest absolute Gasteiger partial charge is 0.128 e. The summed E-state index contributed by atoms with van der Waals surface area (Å²) >= 11 is 0. The summed E-state index contributed by atoms with van der Waals surface area (Å²) in [5, 5.41) is 7.08. The van der Waals surface area contributed by atoms with Crippen LogP contribution in [0.5, 0.6) is 0 Å². The van der Waals surface area contributed by atoms with Gasteiger partial charge in [0.15, 0.2) is 0 Å². The molecule has 2 nitrogen and oxygen atoms in total. The Hall–Kier alpha value is -1.09. The summed E-state index contributed by atoms with van der Waals surface area (Å²) in [5.74, 6) is -0.119. The van der Waals surface area contributed by atoms with Gasteiger partial charge >= 0.3 is 0 Å². The van der Waals surface area contributed by atoms with Crippen molar-refractivity contribution in [3.05, 3.63) is 29.6 Å². The van der Waals surface area contributed by atoms with Crippen molar-refractivity contribution in [3.63, 3.8) is 0 Å². The van der Waals surface area contributed by atoms with E-state index in [9.17, 15) is 4.39 Å². The minimum atomic E-state index is -0.119. The third-order valence-electron chi connectivity index (χ3n) is 4.02. The van der Waals surface area contributed by atoms with E-state index in [1.807, 2.05) is 12.1 Å². The third kappa shape index (κ3) is 2.29. The molecule has 0 amide bonds. The number of fused-ring (bicyclic) bond motifs is 2. The number of aryl methyl sites for hydroxylation is 1. The second-order valence-electron chi connectivity index (χ2n) is 5.41. The maximum Gasteiger partial charge on any atom is 0.128 e. The minimum Gasteiger partial charge on any atom is -0.382 e. The summed E-state index contributed by atoms with van der Waals surface area (Å²) in [4.78, 5) is 0. The van der Waals surface area contributed by atoms with E-state index < -0.39 is 0 Å². The lowest BCUT2D eigenvalue weighted by molar-refractivity contribution is 0.378. The molecule has 92 valence electrons. The molecular formula is C14H19FN2. The predicted molar refractivity (Wildman–Crippen MR) is 67.7 cm³/mol. The Morgan fingerprint density at radius 2 is 1.94 bits per heavy atom. The van der Waals surface area contributed by atoms with Gasteiger partial charge in [0, 0.05) is 23.8 Å². The van der Waals surface area contributed by atoms with Gasteiger partial charge < -0.3 is 10.6 Å². The number of hydrogen-bond donors (Lipinski definition) is 2. The zero-order valence-corrected chi connectivity index (χ0v) is 10.2. The molecule has 0 aliphatic carbocycles. The number of halogens is 1. The van der Waals surface area contributed by atoms with E-state index in [1.54, 1.807) is 13.0 Å². The lowest BCUT2D eigenvalue weighted by atomic mass is 9.99. The van der Waals surface area contributed by atoms with Gasteiger partial charge in [0.1, 0.15) is 5.82 Å². The average Bonchev–Trinajstić information content (AvgIpc) is 2.64. The highest BCUT2D eigenvalue weighted by Gasteiger charge is 2.33. The fourth-order valence-corrected chi connectivity index (χ4v) is 3.09. The van der Waals surface area contributed by atoms with Gasteiger partial charge in [-0.15, -0.1) is 0 Å². The third-order valence-corrected chi connectivity index (χ3v) is 4.02. The van der Waals surface area contributed by atoms with Crippen molar-refractivity contribution in [1.82, 2.24) is 5.32 Å². The standard InChI is InChI=1S/C14H19FN2/c1-9-2-3-12(8-14(9)15)17-13-6-10-4-5-11(7-13)16-10/h2-3,8,10-11,13,16-17H,4-7H2,1H3. The number of benzene rings is 1. The van der Waals surface area contributed by atoms with Crippen LogP contribution in [0, 0.1) is 12.7 Å². The monoisotopic (exact) mass is 234 g/mol. The van der Waals surface area contributed by atoms with E-state index in [0.717, 1.165) is 18.5 Å². The maximum absolute atomic E-state index is 13.4. The molecule has 2 heterocycles. The summed E-state index contributed by atoms with van der Waals surface area (Å²) < 4.78 is 13.4. The molecule has 1 aromatic rings. The molecule has 2 aliphatic rings. The van der Waals surface area contributed by atoms with Crippen molar-refractivity contribution in [1.29, 1.82) is 0 Å². The fraction of sp³-hybridized carbons (Fsp3) is 0.571. The predicted octanol–water partition coefficient (Wildman–Crippen LogP) is 2.83. The maximum atomic E-state index is 13.4. The second-order valence-corrected chi connectivity index (χ2v) is 5.41. The van der Waals surface area contributed by atoms with Crippen LogP contribution >= 0.6 is 0 Å². The highest BCUT2D eigenvalue weighted by molar-refractivity contribution is 5.46. The Bertz CT molecular complexity index is 407. The molecule has 0 radical (unpaired) electrons. The molecule has 3 heteroatoms. The highest BCUT2D eigenvalue weighted by Crippen LogP contribution is 2.29. The van der Waals surface area contributed by atoms with Crippen molar-refractivity contribution < 1.29 is 4.39 Å². The summed E-state index contributed by atoms with van der Waals surface area (Å²) in [6.45, 7) is 1.80. The number of nitrogens with one attached hydrogen (secondary N) is 2. The van der Waals surface area contributed by atoms with E-state index in [2.05, 4.69) is 10.6 Å². The molecule has 2 aliphatic heterocycles.